The highest BCUT2D eigenvalue weighted by atomic mass is 16.5. The summed E-state index contributed by atoms with van der Waals surface area (Å²) in [6.45, 7) is 0. The molecule has 0 spiro atoms. The fourth-order valence-corrected chi connectivity index (χ4v) is 2.18. The largest absolute Gasteiger partial charge is 0.496 e. The van der Waals surface area contributed by atoms with Crippen molar-refractivity contribution in [3.05, 3.63) is 54.4 Å². The van der Waals surface area contributed by atoms with E-state index < -0.39 is 5.97 Å². The Labute approximate surface area is 115 Å². The molecule has 0 radical (unpaired) electrons. The predicted octanol–water partition coefficient (Wildman–Crippen LogP) is 2.73. The lowest BCUT2D eigenvalue weighted by Crippen LogP contribution is -2.02. The van der Waals surface area contributed by atoms with Crippen molar-refractivity contribution in [2.75, 3.05) is 7.11 Å². The quantitative estimate of drug-likeness (QED) is 0.793. The van der Waals surface area contributed by atoms with E-state index in [0.717, 1.165) is 16.7 Å². The highest BCUT2D eigenvalue weighted by Crippen LogP contribution is 2.24. The molecule has 1 aromatic heterocycles. The highest BCUT2D eigenvalue weighted by molar-refractivity contribution is 5.92. The number of nitrogens with zero attached hydrogens (tertiary/aromatic N) is 2. The molecule has 2 aromatic carbocycles. The lowest BCUT2D eigenvalue weighted by atomic mass is 10.1. The van der Waals surface area contributed by atoms with E-state index in [1.54, 1.807) is 24.5 Å². The van der Waals surface area contributed by atoms with Crippen molar-refractivity contribution in [2.24, 2.45) is 0 Å². The molecule has 1 heterocycles. The fraction of sp³-hybridized carbons (Fsp3) is 0.0667. The van der Waals surface area contributed by atoms with Crippen LogP contribution in [0.5, 0.6) is 5.75 Å². The van der Waals surface area contributed by atoms with Crippen LogP contribution in [0.15, 0.2) is 48.8 Å². The number of carboxylic acid groups (broad SMARTS) is 1. The second-order valence-corrected chi connectivity index (χ2v) is 4.29. The number of rotatable bonds is 3. The lowest BCUT2D eigenvalue weighted by molar-refractivity contribution is 0.0693. The molecule has 0 aliphatic rings. The van der Waals surface area contributed by atoms with Crippen LogP contribution >= 0.6 is 0 Å². The molecule has 0 aliphatic carbocycles. The zero-order valence-electron chi connectivity index (χ0n) is 10.8. The Balaban J connectivity index is 2.20. The van der Waals surface area contributed by atoms with Gasteiger partial charge in [0.05, 0.1) is 18.1 Å². The zero-order valence-corrected chi connectivity index (χ0v) is 10.8. The number of methoxy groups -OCH3 is 1. The second-order valence-electron chi connectivity index (χ2n) is 4.29. The first-order valence-corrected chi connectivity index (χ1v) is 6.04. The maximum atomic E-state index is 11.3. The number of hydrogen-bond donors (Lipinski definition) is 1. The molecule has 0 atom stereocenters. The van der Waals surface area contributed by atoms with E-state index in [0.29, 0.717) is 5.75 Å². The molecule has 100 valence electrons. The van der Waals surface area contributed by atoms with Crippen LogP contribution in [-0.4, -0.2) is 27.7 Å². The van der Waals surface area contributed by atoms with Crippen LogP contribution in [0.3, 0.4) is 0 Å². The Morgan fingerprint density at radius 3 is 2.80 bits per heavy atom. The summed E-state index contributed by atoms with van der Waals surface area (Å²) in [5.41, 5.74) is 2.65. The standard InChI is InChI=1S/C15H12N2O3/c1-20-14-7-6-10(8-11(14)15(18)19)17-9-16-12-4-2-3-5-13(12)17/h2-9H,1H3,(H,18,19). The minimum Gasteiger partial charge on any atom is -0.496 e. The molecule has 3 rings (SSSR count). The normalized spacial score (nSPS) is 10.7. The molecular weight excluding hydrogens is 256 g/mol. The monoisotopic (exact) mass is 268 g/mol. The lowest BCUT2D eigenvalue weighted by Gasteiger charge is -2.09. The number of ether oxygens (including phenoxy) is 1. The molecule has 20 heavy (non-hydrogen) atoms. The third-order valence-electron chi connectivity index (χ3n) is 3.15. The molecule has 0 unspecified atom stereocenters. The summed E-state index contributed by atoms with van der Waals surface area (Å²) in [6.07, 6.45) is 1.68. The number of fused-ring (bicyclic) bond motifs is 1. The van der Waals surface area contributed by atoms with Gasteiger partial charge in [0.1, 0.15) is 17.6 Å². The number of hydrogen-bond acceptors (Lipinski definition) is 3. The first kappa shape index (κ1) is 12.2. The number of aromatic nitrogens is 2. The van der Waals surface area contributed by atoms with Gasteiger partial charge in [0, 0.05) is 5.69 Å². The smallest absolute Gasteiger partial charge is 0.339 e. The number of para-hydroxylation sites is 2. The van der Waals surface area contributed by atoms with E-state index in [9.17, 15) is 9.90 Å². The van der Waals surface area contributed by atoms with E-state index in [-0.39, 0.29) is 5.56 Å². The van der Waals surface area contributed by atoms with Gasteiger partial charge in [-0.2, -0.15) is 0 Å². The van der Waals surface area contributed by atoms with Gasteiger partial charge in [-0.25, -0.2) is 9.78 Å². The minimum absolute atomic E-state index is 0.128. The summed E-state index contributed by atoms with van der Waals surface area (Å²) < 4.78 is 6.91. The van der Waals surface area contributed by atoms with Crippen LogP contribution in [0, 0.1) is 0 Å². The van der Waals surface area contributed by atoms with Gasteiger partial charge in [0.15, 0.2) is 0 Å². The summed E-state index contributed by atoms with van der Waals surface area (Å²) in [6, 6.07) is 12.7. The van der Waals surface area contributed by atoms with Crippen LogP contribution in [-0.2, 0) is 0 Å². The molecule has 0 bridgehead atoms. The molecule has 5 heteroatoms. The van der Waals surface area contributed by atoms with E-state index in [1.165, 1.54) is 7.11 Å². The molecular formula is C15H12N2O3. The molecule has 0 saturated heterocycles. The third-order valence-corrected chi connectivity index (χ3v) is 3.15. The van der Waals surface area contributed by atoms with E-state index in [4.69, 9.17) is 4.74 Å². The summed E-state index contributed by atoms with van der Waals surface area (Å²) in [5, 5.41) is 9.23. The average Bonchev–Trinajstić information content (AvgIpc) is 2.90. The summed E-state index contributed by atoms with van der Waals surface area (Å²) in [4.78, 5) is 15.6. The van der Waals surface area contributed by atoms with E-state index >= 15 is 0 Å². The van der Waals surface area contributed by atoms with E-state index in [1.807, 2.05) is 28.8 Å². The van der Waals surface area contributed by atoms with Gasteiger partial charge < -0.3 is 9.84 Å². The van der Waals surface area contributed by atoms with E-state index in [2.05, 4.69) is 4.98 Å². The molecule has 0 amide bonds. The zero-order chi connectivity index (χ0) is 14.1. The number of aromatic carboxylic acids is 1. The Morgan fingerprint density at radius 1 is 1.25 bits per heavy atom. The number of carboxylic acids is 1. The Kier molecular flexibility index (Phi) is 2.87. The first-order chi connectivity index (χ1) is 9.70. The first-order valence-electron chi connectivity index (χ1n) is 6.04. The molecule has 0 saturated carbocycles. The van der Waals surface area contributed by atoms with Crippen molar-refractivity contribution < 1.29 is 14.6 Å². The molecule has 0 aliphatic heterocycles. The topological polar surface area (TPSA) is 64.4 Å². The van der Waals surface area contributed by atoms with Crippen molar-refractivity contribution in [1.29, 1.82) is 0 Å². The van der Waals surface area contributed by atoms with Crippen molar-refractivity contribution in [1.82, 2.24) is 9.55 Å². The van der Waals surface area contributed by atoms with Crippen LogP contribution in [0.25, 0.3) is 16.7 Å². The van der Waals surface area contributed by atoms with Gasteiger partial charge in [0.25, 0.3) is 0 Å². The Morgan fingerprint density at radius 2 is 2.05 bits per heavy atom. The SMILES string of the molecule is COc1ccc(-n2cnc3ccccc32)cc1C(=O)O. The molecule has 0 fully saturated rings. The fourth-order valence-electron chi connectivity index (χ4n) is 2.18. The van der Waals surface area contributed by atoms with Crippen molar-refractivity contribution in [2.45, 2.75) is 0 Å². The second kappa shape index (κ2) is 4.70. The maximum Gasteiger partial charge on any atom is 0.339 e. The number of carbonyl (C=O) groups is 1. The van der Waals surface area contributed by atoms with Crippen molar-refractivity contribution in [3.8, 4) is 11.4 Å². The van der Waals surface area contributed by atoms with Gasteiger partial charge in [-0.1, -0.05) is 12.1 Å². The molecule has 1 N–H and O–H groups in total. The van der Waals surface area contributed by atoms with Crippen LogP contribution in [0.4, 0.5) is 0 Å². The van der Waals surface area contributed by atoms with Gasteiger partial charge >= 0.3 is 5.97 Å². The van der Waals surface area contributed by atoms with Crippen molar-refractivity contribution >= 4 is 17.0 Å². The summed E-state index contributed by atoms with van der Waals surface area (Å²) in [7, 11) is 1.45. The third kappa shape index (κ3) is 1.89. The van der Waals surface area contributed by atoms with Crippen LogP contribution < -0.4 is 4.74 Å². The summed E-state index contributed by atoms with van der Waals surface area (Å²) >= 11 is 0. The Hall–Kier alpha value is -2.82. The highest BCUT2D eigenvalue weighted by Gasteiger charge is 2.13. The molecule has 5 nitrogen and oxygen atoms in total. The van der Waals surface area contributed by atoms with Gasteiger partial charge in [-0.05, 0) is 30.3 Å². The van der Waals surface area contributed by atoms with Gasteiger partial charge in [-0.3, -0.25) is 4.57 Å². The van der Waals surface area contributed by atoms with Crippen molar-refractivity contribution in [3.63, 3.8) is 0 Å². The molecule has 3 aromatic rings. The minimum atomic E-state index is -1.02. The Bertz CT molecular complexity index is 793. The van der Waals surface area contributed by atoms with Gasteiger partial charge in [0.2, 0.25) is 0 Å². The average molecular weight is 268 g/mol. The maximum absolute atomic E-state index is 11.3. The number of imidazole rings is 1. The number of benzene rings is 2. The summed E-state index contributed by atoms with van der Waals surface area (Å²) in [5.74, 6) is -0.682. The van der Waals surface area contributed by atoms with Crippen LogP contribution in [0.1, 0.15) is 10.4 Å². The van der Waals surface area contributed by atoms with Crippen LogP contribution in [0.2, 0.25) is 0 Å². The van der Waals surface area contributed by atoms with Gasteiger partial charge in [-0.15, -0.1) is 0 Å². The predicted molar refractivity (Wildman–Crippen MR) is 74.6 cm³/mol.